The summed E-state index contributed by atoms with van der Waals surface area (Å²) in [5.41, 5.74) is 0.415. The van der Waals surface area contributed by atoms with Crippen molar-refractivity contribution < 1.29 is 23.4 Å². The Morgan fingerprint density at radius 1 is 1.13 bits per heavy atom. The first-order valence-corrected chi connectivity index (χ1v) is 11.8. The summed E-state index contributed by atoms with van der Waals surface area (Å²) >= 11 is 6.96. The van der Waals surface area contributed by atoms with Crippen molar-refractivity contribution in [3.8, 4) is 10.4 Å². The summed E-state index contributed by atoms with van der Waals surface area (Å²) < 4.78 is 28.4. The van der Waals surface area contributed by atoms with Crippen LogP contribution in [-0.4, -0.2) is 30.1 Å². The zero-order valence-corrected chi connectivity index (χ0v) is 18.0. The zero-order valence-electron chi connectivity index (χ0n) is 15.6. The first kappa shape index (κ1) is 21.0. The third kappa shape index (κ3) is 3.77. The van der Waals surface area contributed by atoms with Crippen LogP contribution in [0.3, 0.4) is 0 Å². The van der Waals surface area contributed by atoms with Crippen LogP contribution >= 0.6 is 22.9 Å². The Bertz CT molecular complexity index is 1210. The summed E-state index contributed by atoms with van der Waals surface area (Å²) in [6.45, 7) is -0.246. The van der Waals surface area contributed by atoms with Gasteiger partial charge in [-0.3, -0.25) is 4.79 Å². The first-order valence-electron chi connectivity index (χ1n) is 9.08. The highest BCUT2D eigenvalue weighted by atomic mass is 35.5. The highest BCUT2D eigenvalue weighted by Gasteiger charge is 2.63. The predicted octanol–water partition coefficient (Wildman–Crippen LogP) is 3.85. The fraction of sp³-hybridized carbons (Fsp3) is 0.190. The van der Waals surface area contributed by atoms with Crippen LogP contribution in [0.2, 0.25) is 5.02 Å². The van der Waals surface area contributed by atoms with Gasteiger partial charge in [-0.2, -0.15) is 4.72 Å². The van der Waals surface area contributed by atoms with Crippen LogP contribution in [0, 0.1) is 0 Å². The predicted molar refractivity (Wildman–Crippen MR) is 115 cm³/mol. The van der Waals surface area contributed by atoms with E-state index in [1.807, 2.05) is 0 Å². The molecule has 1 aliphatic rings. The fourth-order valence-electron chi connectivity index (χ4n) is 3.57. The number of aliphatic hydroxyl groups excluding tert-OH is 1. The number of carboxylic acids is 1. The van der Waals surface area contributed by atoms with Crippen molar-refractivity contribution in [1.29, 1.82) is 0 Å². The molecule has 6 nitrogen and oxygen atoms in total. The number of carboxylic acid groups (broad SMARTS) is 1. The van der Waals surface area contributed by atoms with Crippen molar-refractivity contribution in [2.45, 2.75) is 28.7 Å². The molecule has 3 N–H and O–H groups in total. The molecule has 0 spiro atoms. The Balaban J connectivity index is 1.62. The average molecular weight is 464 g/mol. The molecule has 9 heteroatoms. The smallest absolute Gasteiger partial charge is 0.325 e. The molecule has 0 bridgehead atoms. The molecule has 1 saturated carbocycles. The number of benzene rings is 2. The van der Waals surface area contributed by atoms with Gasteiger partial charge >= 0.3 is 5.97 Å². The van der Waals surface area contributed by atoms with E-state index in [0.717, 1.165) is 21.8 Å². The van der Waals surface area contributed by atoms with Gasteiger partial charge in [0.15, 0.2) is 0 Å². The molecule has 0 aliphatic heterocycles. The molecule has 0 saturated heterocycles. The number of rotatable bonds is 7. The average Bonchev–Trinajstić information content (AvgIpc) is 3.20. The summed E-state index contributed by atoms with van der Waals surface area (Å²) in [5.74, 6) is -1.79. The first-order chi connectivity index (χ1) is 14.3. The van der Waals surface area contributed by atoms with Gasteiger partial charge in [-0.05, 0) is 47.4 Å². The highest BCUT2D eigenvalue weighted by molar-refractivity contribution is 7.91. The summed E-state index contributed by atoms with van der Waals surface area (Å²) in [4.78, 5) is 12.8. The van der Waals surface area contributed by atoms with Crippen LogP contribution < -0.4 is 4.72 Å². The van der Waals surface area contributed by atoms with Gasteiger partial charge in [-0.1, -0.05) is 48.0 Å². The number of sulfonamides is 1. The van der Waals surface area contributed by atoms with Gasteiger partial charge in [0.1, 0.15) is 9.75 Å². The molecule has 3 aromatic rings. The highest BCUT2D eigenvalue weighted by Crippen LogP contribution is 2.53. The second-order valence-electron chi connectivity index (χ2n) is 7.12. The number of thiophene rings is 1. The summed E-state index contributed by atoms with van der Waals surface area (Å²) in [7, 11) is -4.06. The van der Waals surface area contributed by atoms with E-state index in [0.29, 0.717) is 16.1 Å². The topological polar surface area (TPSA) is 104 Å². The molecule has 156 valence electrons. The number of aliphatic carboxylic acids is 1. The van der Waals surface area contributed by atoms with E-state index in [2.05, 4.69) is 4.72 Å². The van der Waals surface area contributed by atoms with Gasteiger partial charge in [0.2, 0.25) is 0 Å². The van der Waals surface area contributed by atoms with E-state index < -0.39 is 27.4 Å². The second kappa shape index (κ2) is 7.79. The van der Waals surface area contributed by atoms with Crippen molar-refractivity contribution in [3.05, 3.63) is 76.8 Å². The number of hydrogen-bond acceptors (Lipinski definition) is 5. The summed E-state index contributed by atoms with van der Waals surface area (Å²) in [6.07, 6.45) is 0.119. The van der Waals surface area contributed by atoms with Gasteiger partial charge in [-0.25, -0.2) is 8.42 Å². The lowest BCUT2D eigenvalue weighted by Crippen LogP contribution is -2.44. The number of carbonyl (C=O) groups is 1. The van der Waals surface area contributed by atoms with Crippen molar-refractivity contribution in [3.63, 3.8) is 0 Å². The lowest BCUT2D eigenvalue weighted by Gasteiger charge is -2.16. The third-order valence-electron chi connectivity index (χ3n) is 5.23. The monoisotopic (exact) mass is 463 g/mol. The molecule has 2 aromatic carbocycles. The Kier molecular flexibility index (Phi) is 5.46. The number of aliphatic hydroxyl groups is 1. The number of halogens is 1. The minimum atomic E-state index is -4.06. The summed E-state index contributed by atoms with van der Waals surface area (Å²) in [5, 5.41) is 19.9. The number of hydrogen-bond donors (Lipinski definition) is 3. The molecular weight excluding hydrogens is 446 g/mol. The number of nitrogens with one attached hydrogen (secondary N) is 1. The Hall–Kier alpha value is -2.23. The molecule has 4 rings (SSSR count). The van der Waals surface area contributed by atoms with E-state index >= 15 is 0 Å². The van der Waals surface area contributed by atoms with Crippen LogP contribution in [0.25, 0.3) is 10.4 Å². The van der Waals surface area contributed by atoms with E-state index in [4.69, 9.17) is 11.6 Å². The lowest BCUT2D eigenvalue weighted by molar-refractivity contribution is -0.140. The molecule has 1 aliphatic carbocycles. The molecular formula is C21H18ClNO5S2. The van der Waals surface area contributed by atoms with Crippen LogP contribution in [-0.2, 0) is 21.4 Å². The van der Waals surface area contributed by atoms with Gasteiger partial charge in [0.05, 0.1) is 6.61 Å². The molecule has 1 heterocycles. The minimum Gasteiger partial charge on any atom is -0.480 e. The lowest BCUT2D eigenvalue weighted by atomic mass is 10.0. The van der Waals surface area contributed by atoms with E-state index in [1.54, 1.807) is 54.6 Å². The van der Waals surface area contributed by atoms with Gasteiger partial charge in [0.25, 0.3) is 10.0 Å². The molecule has 1 aromatic heterocycles. The minimum absolute atomic E-state index is 0.0363. The maximum atomic E-state index is 13.0. The Morgan fingerprint density at radius 3 is 2.50 bits per heavy atom. The SMILES string of the molecule is O=C(O)[C@]1(NS(=O)(=O)c2ccc(-c3ccc(Cl)cc3)s2)C[C@H]1c1ccccc1CO. The molecule has 0 unspecified atom stereocenters. The molecule has 30 heavy (non-hydrogen) atoms. The van der Waals surface area contributed by atoms with Crippen molar-refractivity contribution in [2.75, 3.05) is 0 Å². The van der Waals surface area contributed by atoms with Gasteiger partial charge in [-0.15, -0.1) is 11.3 Å². The van der Waals surface area contributed by atoms with E-state index in [9.17, 15) is 23.4 Å². The molecule has 0 amide bonds. The third-order valence-corrected chi connectivity index (χ3v) is 8.62. The van der Waals surface area contributed by atoms with Crippen LogP contribution in [0.15, 0.2) is 64.9 Å². The molecule has 0 radical (unpaired) electrons. The largest absolute Gasteiger partial charge is 0.480 e. The van der Waals surface area contributed by atoms with Crippen LogP contribution in [0.5, 0.6) is 0 Å². The quantitative estimate of drug-likeness (QED) is 0.493. The van der Waals surface area contributed by atoms with Crippen LogP contribution in [0.4, 0.5) is 0 Å². The van der Waals surface area contributed by atoms with Crippen molar-refractivity contribution in [1.82, 2.24) is 4.72 Å². The van der Waals surface area contributed by atoms with Gasteiger partial charge in [0, 0.05) is 15.8 Å². The fourth-order valence-corrected chi connectivity index (χ4v) is 6.42. The maximum Gasteiger partial charge on any atom is 0.325 e. The van der Waals surface area contributed by atoms with Crippen LogP contribution in [0.1, 0.15) is 23.5 Å². The Labute approximate surface area is 182 Å². The normalized spacial score (nSPS) is 20.8. The molecule has 2 atom stereocenters. The Morgan fingerprint density at radius 2 is 1.83 bits per heavy atom. The van der Waals surface area contributed by atoms with E-state index in [1.165, 1.54) is 6.07 Å². The maximum absolute atomic E-state index is 13.0. The zero-order chi connectivity index (χ0) is 21.5. The standard InChI is InChI=1S/C21H18ClNO5S2/c22-15-7-5-13(6-8-15)18-9-10-19(29-18)30(27,28)23-21(20(25)26)11-17(21)16-4-2-1-3-14(16)12-24/h1-10,17,23-24H,11-12H2,(H,25,26)/t17-,21-/m0/s1. The summed E-state index contributed by atoms with van der Waals surface area (Å²) in [6, 6.07) is 17.1. The molecule has 1 fully saturated rings. The van der Waals surface area contributed by atoms with Gasteiger partial charge < -0.3 is 10.2 Å². The van der Waals surface area contributed by atoms with Crippen molar-refractivity contribution >= 4 is 38.9 Å². The van der Waals surface area contributed by atoms with Crippen molar-refractivity contribution in [2.24, 2.45) is 0 Å². The second-order valence-corrected chi connectivity index (χ2v) is 10.6. The van der Waals surface area contributed by atoms with E-state index in [-0.39, 0.29) is 17.2 Å².